The fourth-order valence-corrected chi connectivity index (χ4v) is 1.79. The van der Waals surface area contributed by atoms with Crippen molar-refractivity contribution in [2.24, 2.45) is 0 Å². The zero-order valence-electron chi connectivity index (χ0n) is 10.2. The Bertz CT molecular complexity index is 489. The Morgan fingerprint density at radius 1 is 0.941 bits per heavy atom. The summed E-state index contributed by atoms with van der Waals surface area (Å²) in [4.78, 5) is 2.10. The molecule has 0 aliphatic carbocycles. The molecule has 17 heavy (non-hydrogen) atoms. The van der Waals surface area contributed by atoms with Gasteiger partial charge in [0.05, 0.1) is 0 Å². The van der Waals surface area contributed by atoms with E-state index in [1.807, 2.05) is 26.2 Å². The van der Waals surface area contributed by atoms with Crippen LogP contribution in [-0.2, 0) is 6.42 Å². The minimum atomic E-state index is 0.316. The van der Waals surface area contributed by atoms with Crippen molar-refractivity contribution in [3.05, 3.63) is 59.7 Å². The summed E-state index contributed by atoms with van der Waals surface area (Å²) in [6.45, 7) is 0. The van der Waals surface area contributed by atoms with Crippen molar-refractivity contribution in [1.29, 1.82) is 0 Å². The molecule has 1 N–H and O–H groups in total. The van der Waals surface area contributed by atoms with Gasteiger partial charge in [0.2, 0.25) is 0 Å². The Labute approximate surface area is 102 Å². The number of phenols is 1. The molecule has 2 nitrogen and oxygen atoms in total. The topological polar surface area (TPSA) is 23.5 Å². The van der Waals surface area contributed by atoms with Gasteiger partial charge in [0.15, 0.2) is 0 Å². The van der Waals surface area contributed by atoms with E-state index < -0.39 is 0 Å². The number of benzene rings is 2. The van der Waals surface area contributed by atoms with Crippen LogP contribution >= 0.6 is 0 Å². The molecule has 0 saturated heterocycles. The van der Waals surface area contributed by atoms with Gasteiger partial charge in [-0.1, -0.05) is 24.3 Å². The summed E-state index contributed by atoms with van der Waals surface area (Å²) in [5.74, 6) is 0.316. The molecule has 0 radical (unpaired) electrons. The number of rotatable bonds is 3. The van der Waals surface area contributed by atoms with Crippen LogP contribution in [0.3, 0.4) is 0 Å². The lowest BCUT2D eigenvalue weighted by Gasteiger charge is -2.13. The lowest BCUT2D eigenvalue weighted by atomic mass is 10.0. The monoisotopic (exact) mass is 227 g/mol. The molecule has 0 fully saturated rings. The van der Waals surface area contributed by atoms with Gasteiger partial charge in [0, 0.05) is 19.8 Å². The third-order valence-corrected chi connectivity index (χ3v) is 2.77. The highest BCUT2D eigenvalue weighted by Crippen LogP contribution is 2.18. The summed E-state index contributed by atoms with van der Waals surface area (Å²) >= 11 is 0. The molecule has 2 aromatic carbocycles. The SMILES string of the molecule is CN(C)c1cccc(Cc2ccc(O)cc2)c1. The van der Waals surface area contributed by atoms with Gasteiger partial charge >= 0.3 is 0 Å². The van der Waals surface area contributed by atoms with Crippen LogP contribution in [-0.4, -0.2) is 19.2 Å². The van der Waals surface area contributed by atoms with E-state index in [1.165, 1.54) is 16.8 Å². The zero-order valence-corrected chi connectivity index (χ0v) is 10.2. The number of phenolic OH excluding ortho intramolecular Hbond substituents is 1. The summed E-state index contributed by atoms with van der Waals surface area (Å²) in [7, 11) is 4.08. The molecule has 0 heterocycles. The van der Waals surface area contributed by atoms with Crippen molar-refractivity contribution < 1.29 is 5.11 Å². The molecule has 0 bridgehead atoms. The summed E-state index contributed by atoms with van der Waals surface area (Å²) in [5.41, 5.74) is 3.70. The summed E-state index contributed by atoms with van der Waals surface area (Å²) in [5, 5.41) is 9.23. The van der Waals surface area contributed by atoms with E-state index in [2.05, 4.69) is 29.2 Å². The highest BCUT2D eigenvalue weighted by molar-refractivity contribution is 5.48. The van der Waals surface area contributed by atoms with Crippen molar-refractivity contribution in [2.75, 3.05) is 19.0 Å². The summed E-state index contributed by atoms with van der Waals surface area (Å²) in [6.07, 6.45) is 0.891. The van der Waals surface area contributed by atoms with E-state index in [1.54, 1.807) is 12.1 Å². The Hall–Kier alpha value is -1.96. The number of nitrogens with zero attached hydrogens (tertiary/aromatic N) is 1. The van der Waals surface area contributed by atoms with Gasteiger partial charge in [-0.2, -0.15) is 0 Å². The molecule has 2 aromatic rings. The predicted octanol–water partition coefficient (Wildman–Crippen LogP) is 3.05. The van der Waals surface area contributed by atoms with Gasteiger partial charge in [0.25, 0.3) is 0 Å². The molecule has 0 atom stereocenters. The highest BCUT2D eigenvalue weighted by atomic mass is 16.3. The fourth-order valence-electron chi connectivity index (χ4n) is 1.79. The van der Waals surface area contributed by atoms with Crippen LogP contribution in [0.2, 0.25) is 0 Å². The van der Waals surface area contributed by atoms with E-state index in [9.17, 15) is 5.11 Å². The molecule has 88 valence electrons. The Kier molecular flexibility index (Phi) is 3.33. The molecule has 0 amide bonds. The van der Waals surface area contributed by atoms with Gasteiger partial charge in [-0.3, -0.25) is 0 Å². The second kappa shape index (κ2) is 4.91. The smallest absolute Gasteiger partial charge is 0.115 e. The molecular weight excluding hydrogens is 210 g/mol. The second-order valence-electron chi connectivity index (χ2n) is 4.41. The van der Waals surface area contributed by atoms with Crippen molar-refractivity contribution >= 4 is 5.69 Å². The maximum Gasteiger partial charge on any atom is 0.115 e. The standard InChI is InChI=1S/C15H17NO/c1-16(2)14-5-3-4-13(11-14)10-12-6-8-15(17)9-7-12/h3-9,11,17H,10H2,1-2H3. The minimum Gasteiger partial charge on any atom is -0.508 e. The molecule has 0 spiro atoms. The maximum absolute atomic E-state index is 9.23. The van der Waals surface area contributed by atoms with Crippen LogP contribution in [0.25, 0.3) is 0 Å². The summed E-state index contributed by atoms with van der Waals surface area (Å²) in [6, 6.07) is 15.9. The van der Waals surface area contributed by atoms with Crippen LogP contribution in [0.15, 0.2) is 48.5 Å². The first-order chi connectivity index (χ1) is 8.15. The quantitative estimate of drug-likeness (QED) is 0.871. The van der Waals surface area contributed by atoms with Gasteiger partial charge in [0.1, 0.15) is 5.75 Å². The van der Waals surface area contributed by atoms with E-state index in [-0.39, 0.29) is 0 Å². The Morgan fingerprint density at radius 3 is 2.29 bits per heavy atom. The van der Waals surface area contributed by atoms with Crippen LogP contribution in [0, 0.1) is 0 Å². The van der Waals surface area contributed by atoms with Crippen molar-refractivity contribution in [1.82, 2.24) is 0 Å². The van der Waals surface area contributed by atoms with Gasteiger partial charge in [-0.25, -0.2) is 0 Å². The number of anilines is 1. The van der Waals surface area contributed by atoms with Crippen molar-refractivity contribution in [3.8, 4) is 5.75 Å². The highest BCUT2D eigenvalue weighted by Gasteiger charge is 1.99. The third-order valence-electron chi connectivity index (χ3n) is 2.77. The van der Waals surface area contributed by atoms with Gasteiger partial charge < -0.3 is 10.0 Å². The molecule has 2 rings (SSSR count). The average molecular weight is 227 g/mol. The maximum atomic E-state index is 9.23. The van der Waals surface area contributed by atoms with Crippen LogP contribution in [0.1, 0.15) is 11.1 Å². The third kappa shape index (κ3) is 3.00. The number of hydrogen-bond donors (Lipinski definition) is 1. The van der Waals surface area contributed by atoms with E-state index in [4.69, 9.17) is 0 Å². The molecule has 0 unspecified atom stereocenters. The van der Waals surface area contributed by atoms with Crippen molar-refractivity contribution in [2.45, 2.75) is 6.42 Å². The largest absolute Gasteiger partial charge is 0.508 e. The average Bonchev–Trinajstić information content (AvgIpc) is 2.32. The normalized spacial score (nSPS) is 10.2. The van der Waals surface area contributed by atoms with Gasteiger partial charge in [-0.15, -0.1) is 0 Å². The first-order valence-corrected chi connectivity index (χ1v) is 5.69. The molecule has 0 saturated carbocycles. The Morgan fingerprint density at radius 2 is 1.65 bits per heavy atom. The van der Waals surface area contributed by atoms with E-state index in [0.29, 0.717) is 5.75 Å². The van der Waals surface area contributed by atoms with E-state index in [0.717, 1.165) is 6.42 Å². The number of aromatic hydroxyl groups is 1. The first-order valence-electron chi connectivity index (χ1n) is 5.69. The van der Waals surface area contributed by atoms with Gasteiger partial charge in [-0.05, 0) is 41.8 Å². The molecular formula is C15H17NO. The Balaban J connectivity index is 2.18. The first kappa shape index (κ1) is 11.5. The fraction of sp³-hybridized carbons (Fsp3) is 0.200. The van der Waals surface area contributed by atoms with E-state index >= 15 is 0 Å². The predicted molar refractivity (Wildman–Crippen MR) is 71.7 cm³/mol. The van der Waals surface area contributed by atoms with Crippen LogP contribution in [0.4, 0.5) is 5.69 Å². The lowest BCUT2D eigenvalue weighted by molar-refractivity contribution is 0.475. The molecule has 0 aliphatic rings. The molecule has 0 aromatic heterocycles. The lowest BCUT2D eigenvalue weighted by Crippen LogP contribution is -2.08. The van der Waals surface area contributed by atoms with Crippen LogP contribution in [0.5, 0.6) is 5.75 Å². The number of hydrogen-bond acceptors (Lipinski definition) is 2. The van der Waals surface area contributed by atoms with Crippen molar-refractivity contribution in [3.63, 3.8) is 0 Å². The van der Waals surface area contributed by atoms with Crippen LogP contribution < -0.4 is 4.90 Å². The molecule has 2 heteroatoms. The summed E-state index contributed by atoms with van der Waals surface area (Å²) < 4.78 is 0. The molecule has 0 aliphatic heterocycles. The minimum absolute atomic E-state index is 0.316. The second-order valence-corrected chi connectivity index (χ2v) is 4.41. The zero-order chi connectivity index (χ0) is 12.3.